The number of aldehydes is 1. The molecule has 1 aromatic carbocycles. The Morgan fingerprint density at radius 1 is 1.26 bits per heavy atom. The summed E-state index contributed by atoms with van der Waals surface area (Å²) in [4.78, 5) is 14.3. The molecule has 0 radical (unpaired) electrons. The van der Waals surface area contributed by atoms with Crippen LogP contribution in [0.25, 0.3) is 5.69 Å². The Balaban J connectivity index is 1.23. The third-order valence-electron chi connectivity index (χ3n) is 6.83. The van der Waals surface area contributed by atoms with Crippen molar-refractivity contribution in [3.63, 3.8) is 0 Å². The van der Waals surface area contributed by atoms with E-state index in [0.29, 0.717) is 12.6 Å². The summed E-state index contributed by atoms with van der Waals surface area (Å²) in [5.74, 6) is 0. The molecule has 0 atom stereocenters. The maximum atomic E-state index is 12.0. The van der Waals surface area contributed by atoms with Crippen molar-refractivity contribution in [1.29, 1.82) is 0 Å². The average molecular weight is 425 g/mol. The molecular formula is C23H32N6O2. The molecule has 0 unspecified atom stereocenters. The van der Waals surface area contributed by atoms with Crippen LogP contribution in [0, 0.1) is 5.41 Å². The molecule has 166 valence electrons. The summed E-state index contributed by atoms with van der Waals surface area (Å²) in [6.45, 7) is 5.28. The van der Waals surface area contributed by atoms with Gasteiger partial charge in [0.15, 0.2) is 0 Å². The average Bonchev–Trinajstić information content (AvgIpc) is 3.49. The molecule has 1 N–H and O–H groups in total. The lowest BCUT2D eigenvalue weighted by molar-refractivity contribution is -0.118. The van der Waals surface area contributed by atoms with E-state index in [1.54, 1.807) is 11.0 Å². The van der Waals surface area contributed by atoms with E-state index in [1.165, 1.54) is 23.1 Å². The molecule has 1 aliphatic carbocycles. The van der Waals surface area contributed by atoms with E-state index in [-0.39, 0.29) is 5.41 Å². The first-order valence-electron chi connectivity index (χ1n) is 11.1. The van der Waals surface area contributed by atoms with Crippen LogP contribution in [0.3, 0.4) is 0 Å². The minimum Gasteiger partial charge on any atom is -0.376 e. The molecule has 1 saturated carbocycles. The van der Waals surface area contributed by atoms with E-state index in [9.17, 15) is 4.79 Å². The van der Waals surface area contributed by atoms with Gasteiger partial charge < -0.3 is 19.7 Å². The van der Waals surface area contributed by atoms with Gasteiger partial charge in [-0.15, -0.1) is 5.10 Å². The van der Waals surface area contributed by atoms with E-state index < -0.39 is 0 Å². The number of carbonyl (C=O) groups is 1. The molecular weight excluding hydrogens is 392 g/mol. The number of nitrogens with one attached hydrogen (secondary N) is 1. The maximum Gasteiger partial charge on any atom is 0.143 e. The molecule has 8 nitrogen and oxygen atoms in total. The zero-order chi connectivity index (χ0) is 21.7. The Morgan fingerprint density at radius 2 is 2.03 bits per heavy atom. The largest absolute Gasteiger partial charge is 0.376 e. The van der Waals surface area contributed by atoms with E-state index in [1.807, 2.05) is 12.1 Å². The topological polar surface area (TPSA) is 85.2 Å². The number of ether oxygens (including phenoxy) is 1. The van der Waals surface area contributed by atoms with Gasteiger partial charge in [0.25, 0.3) is 0 Å². The van der Waals surface area contributed by atoms with Crippen molar-refractivity contribution in [2.45, 2.75) is 51.6 Å². The monoisotopic (exact) mass is 424 g/mol. The van der Waals surface area contributed by atoms with Crippen molar-refractivity contribution < 1.29 is 9.53 Å². The molecule has 1 aliphatic heterocycles. The first-order chi connectivity index (χ1) is 15.1. The van der Waals surface area contributed by atoms with Crippen molar-refractivity contribution in [1.82, 2.24) is 30.4 Å². The molecule has 4 rings (SSSR count). The van der Waals surface area contributed by atoms with Crippen molar-refractivity contribution in [3.05, 3.63) is 47.4 Å². The first kappa shape index (κ1) is 21.6. The van der Waals surface area contributed by atoms with Gasteiger partial charge in [0.1, 0.15) is 12.6 Å². The molecule has 0 spiro atoms. The molecule has 0 saturated heterocycles. The number of carbonyl (C=O) groups excluding carboxylic acids is 1. The van der Waals surface area contributed by atoms with Crippen LogP contribution >= 0.6 is 0 Å². The summed E-state index contributed by atoms with van der Waals surface area (Å²) in [6, 6.07) is 8.70. The predicted octanol–water partition coefficient (Wildman–Crippen LogP) is 2.51. The quantitative estimate of drug-likeness (QED) is 0.619. The minimum absolute atomic E-state index is 0.187. The summed E-state index contributed by atoms with van der Waals surface area (Å²) in [7, 11) is 2.11. The molecule has 0 bridgehead atoms. The summed E-state index contributed by atoms with van der Waals surface area (Å²) in [5, 5.41) is 14.9. The summed E-state index contributed by atoms with van der Waals surface area (Å²) < 4.78 is 7.18. The zero-order valence-corrected chi connectivity index (χ0v) is 18.5. The summed E-state index contributed by atoms with van der Waals surface area (Å²) in [5.41, 5.74) is 4.58. The van der Waals surface area contributed by atoms with Gasteiger partial charge >= 0.3 is 0 Å². The smallest absolute Gasteiger partial charge is 0.143 e. The number of hydrogen-bond acceptors (Lipinski definition) is 7. The minimum atomic E-state index is -0.187. The van der Waals surface area contributed by atoms with E-state index in [4.69, 9.17) is 4.74 Å². The number of tetrazole rings is 1. The Kier molecular flexibility index (Phi) is 6.77. The number of benzene rings is 1. The fourth-order valence-electron chi connectivity index (χ4n) is 4.60. The SMILES string of the molecule is CC1=C(N(C)CCC2(C=O)CCC(NCc3ccc(-n4cnnn4)cc3)CC2)COC1. The number of nitrogens with zero attached hydrogens (tertiary/aromatic N) is 5. The molecule has 2 aliphatic rings. The standard InChI is InChI=1S/C23H32N6O2/c1-18-14-31-15-22(18)28(2)12-11-23(16-30)9-7-20(8-10-23)24-13-19-3-5-21(6-4-19)29-17-25-26-27-29/h3-6,16-17,20,24H,7-15H2,1-2H3. The van der Waals surface area contributed by atoms with Gasteiger partial charge in [0.05, 0.1) is 18.9 Å². The first-order valence-corrected chi connectivity index (χ1v) is 11.1. The van der Waals surface area contributed by atoms with Crippen molar-refractivity contribution in [2.75, 3.05) is 26.8 Å². The third-order valence-corrected chi connectivity index (χ3v) is 6.83. The Labute approximate surface area is 183 Å². The summed E-state index contributed by atoms with van der Waals surface area (Å²) >= 11 is 0. The predicted molar refractivity (Wildman–Crippen MR) is 118 cm³/mol. The van der Waals surface area contributed by atoms with Crippen LogP contribution in [0.5, 0.6) is 0 Å². The number of hydrogen-bond donors (Lipinski definition) is 1. The molecule has 2 aromatic rings. The maximum absolute atomic E-state index is 12.0. The highest BCUT2D eigenvalue weighted by Crippen LogP contribution is 2.38. The lowest BCUT2D eigenvalue weighted by atomic mass is 9.71. The second kappa shape index (κ2) is 9.70. The third kappa shape index (κ3) is 5.19. The molecule has 1 fully saturated rings. The van der Waals surface area contributed by atoms with Gasteiger partial charge in [-0.05, 0) is 72.7 Å². The number of rotatable bonds is 9. The van der Waals surface area contributed by atoms with Crippen LogP contribution in [-0.2, 0) is 16.1 Å². The molecule has 8 heteroatoms. The Morgan fingerprint density at radius 3 is 2.65 bits per heavy atom. The molecule has 31 heavy (non-hydrogen) atoms. The second-order valence-electron chi connectivity index (χ2n) is 8.95. The van der Waals surface area contributed by atoms with Gasteiger partial charge in [-0.1, -0.05) is 12.1 Å². The van der Waals surface area contributed by atoms with Crippen LogP contribution in [0.4, 0.5) is 0 Å². The fraction of sp³-hybridized carbons (Fsp3) is 0.565. The van der Waals surface area contributed by atoms with Crippen LogP contribution in [-0.4, -0.2) is 64.2 Å². The highest BCUT2D eigenvalue weighted by Gasteiger charge is 2.35. The summed E-state index contributed by atoms with van der Waals surface area (Å²) in [6.07, 6.45) is 7.71. The fourth-order valence-corrected chi connectivity index (χ4v) is 4.60. The van der Waals surface area contributed by atoms with E-state index in [0.717, 1.165) is 57.5 Å². The van der Waals surface area contributed by atoms with Gasteiger partial charge in [-0.25, -0.2) is 4.68 Å². The number of likely N-dealkylation sites (N-methyl/N-ethyl adjacent to an activating group) is 1. The van der Waals surface area contributed by atoms with Crippen LogP contribution in [0.1, 0.15) is 44.6 Å². The molecule has 0 amide bonds. The Bertz CT molecular complexity index is 885. The molecule has 2 heterocycles. The van der Waals surface area contributed by atoms with Gasteiger partial charge in [-0.3, -0.25) is 0 Å². The molecule has 1 aromatic heterocycles. The van der Waals surface area contributed by atoms with Crippen molar-refractivity contribution >= 4 is 6.29 Å². The van der Waals surface area contributed by atoms with E-state index in [2.05, 4.69) is 51.8 Å². The second-order valence-corrected chi connectivity index (χ2v) is 8.95. The van der Waals surface area contributed by atoms with Gasteiger partial charge in [0.2, 0.25) is 0 Å². The normalized spacial score (nSPS) is 23.9. The van der Waals surface area contributed by atoms with Gasteiger partial charge in [0, 0.05) is 37.3 Å². The Hall–Kier alpha value is -2.58. The van der Waals surface area contributed by atoms with Crippen LogP contribution in [0.2, 0.25) is 0 Å². The highest BCUT2D eigenvalue weighted by molar-refractivity contribution is 5.59. The van der Waals surface area contributed by atoms with Crippen LogP contribution < -0.4 is 5.32 Å². The van der Waals surface area contributed by atoms with Crippen molar-refractivity contribution in [3.8, 4) is 5.69 Å². The zero-order valence-electron chi connectivity index (χ0n) is 18.5. The lowest BCUT2D eigenvalue weighted by Gasteiger charge is -2.38. The highest BCUT2D eigenvalue weighted by atomic mass is 16.5. The van der Waals surface area contributed by atoms with Crippen molar-refractivity contribution in [2.24, 2.45) is 5.41 Å². The number of aromatic nitrogens is 4. The van der Waals surface area contributed by atoms with Gasteiger partial charge in [-0.2, -0.15) is 0 Å². The van der Waals surface area contributed by atoms with Crippen LogP contribution in [0.15, 0.2) is 41.9 Å². The van der Waals surface area contributed by atoms with E-state index >= 15 is 0 Å². The lowest BCUT2D eigenvalue weighted by Crippen LogP contribution is -2.39.